The lowest BCUT2D eigenvalue weighted by Crippen LogP contribution is -2.42. The van der Waals surface area contributed by atoms with Gasteiger partial charge in [-0.05, 0) is 18.2 Å². The van der Waals surface area contributed by atoms with E-state index in [-0.39, 0.29) is 11.8 Å². The van der Waals surface area contributed by atoms with E-state index in [1.165, 1.54) is 11.1 Å². The fourth-order valence-electron chi connectivity index (χ4n) is 3.45. The number of benzene rings is 1. The maximum atomic E-state index is 10.4. The van der Waals surface area contributed by atoms with Gasteiger partial charge in [0, 0.05) is 24.9 Å². The zero-order chi connectivity index (χ0) is 16.9. The summed E-state index contributed by atoms with van der Waals surface area (Å²) in [6, 6.07) is 10.3. The summed E-state index contributed by atoms with van der Waals surface area (Å²) in [5, 5.41) is 20.3. The number of allylic oxidation sites excluding steroid dienone is 4. The van der Waals surface area contributed by atoms with Crippen LogP contribution >= 0.6 is 0 Å². The minimum atomic E-state index is -0.774. The van der Waals surface area contributed by atoms with Crippen LogP contribution in [-0.4, -0.2) is 47.5 Å². The highest BCUT2D eigenvalue weighted by molar-refractivity contribution is 5.48. The number of hydrogen-bond donors (Lipinski definition) is 2. The van der Waals surface area contributed by atoms with E-state index >= 15 is 0 Å². The number of nitrogens with zero attached hydrogens (tertiary/aromatic N) is 1. The van der Waals surface area contributed by atoms with E-state index in [0.29, 0.717) is 0 Å². The standard InChI is InChI=1S/C21H25NO2/c1-22(14-6-9-16-7-3-2-4-8-16)15-18-11-5-10-17-12-13-19(23)21(24)20(17)18/h2-13,17,19-21,23-24H,14-15H2,1H3/b9-6+/t17?,19-,20?,21+/m0/s1. The van der Waals surface area contributed by atoms with Gasteiger partial charge in [-0.25, -0.2) is 0 Å². The number of fused-ring (bicyclic) bond motifs is 1. The second-order valence-corrected chi connectivity index (χ2v) is 6.61. The third kappa shape index (κ3) is 3.93. The minimum Gasteiger partial charge on any atom is -0.389 e. The van der Waals surface area contributed by atoms with Crippen LogP contribution in [0.4, 0.5) is 0 Å². The normalized spacial score (nSPS) is 29.1. The molecule has 0 radical (unpaired) electrons. The molecule has 3 heteroatoms. The molecule has 3 nitrogen and oxygen atoms in total. The van der Waals surface area contributed by atoms with Crippen molar-refractivity contribution in [2.45, 2.75) is 12.2 Å². The Morgan fingerprint density at radius 2 is 1.88 bits per heavy atom. The Morgan fingerprint density at radius 3 is 2.67 bits per heavy atom. The molecule has 4 atom stereocenters. The molecule has 2 unspecified atom stereocenters. The summed E-state index contributed by atoms with van der Waals surface area (Å²) >= 11 is 0. The molecule has 0 heterocycles. The van der Waals surface area contributed by atoms with Crippen molar-refractivity contribution in [1.82, 2.24) is 4.90 Å². The molecule has 1 aromatic rings. The average Bonchev–Trinajstić information content (AvgIpc) is 2.59. The molecule has 2 aliphatic carbocycles. The fraction of sp³-hybridized carbons (Fsp3) is 0.333. The van der Waals surface area contributed by atoms with Gasteiger partial charge in [0.05, 0.1) is 12.2 Å². The molecule has 0 saturated heterocycles. The van der Waals surface area contributed by atoms with E-state index in [9.17, 15) is 10.2 Å². The van der Waals surface area contributed by atoms with Crippen LogP contribution in [0.25, 0.3) is 6.08 Å². The Balaban J connectivity index is 1.60. The van der Waals surface area contributed by atoms with Gasteiger partial charge in [-0.3, -0.25) is 4.90 Å². The molecule has 0 fully saturated rings. The first kappa shape index (κ1) is 16.9. The Kier molecular flexibility index (Phi) is 5.46. The number of hydrogen-bond acceptors (Lipinski definition) is 3. The van der Waals surface area contributed by atoms with Gasteiger partial charge in [-0.2, -0.15) is 0 Å². The zero-order valence-electron chi connectivity index (χ0n) is 14.0. The Hall–Kier alpha value is -1.94. The lowest BCUT2D eigenvalue weighted by Gasteiger charge is -2.37. The van der Waals surface area contributed by atoms with Crippen LogP contribution in [0.3, 0.4) is 0 Å². The third-order valence-electron chi connectivity index (χ3n) is 4.71. The van der Waals surface area contributed by atoms with Crippen molar-refractivity contribution in [3.05, 3.63) is 77.9 Å². The largest absolute Gasteiger partial charge is 0.389 e. The molecule has 24 heavy (non-hydrogen) atoms. The van der Waals surface area contributed by atoms with E-state index in [2.05, 4.69) is 54.5 Å². The van der Waals surface area contributed by atoms with Crippen LogP contribution in [-0.2, 0) is 0 Å². The first-order valence-electron chi connectivity index (χ1n) is 8.47. The van der Waals surface area contributed by atoms with Crippen molar-refractivity contribution < 1.29 is 10.2 Å². The highest BCUT2D eigenvalue weighted by Crippen LogP contribution is 2.35. The van der Waals surface area contributed by atoms with Crippen molar-refractivity contribution in [3.8, 4) is 0 Å². The summed E-state index contributed by atoms with van der Waals surface area (Å²) in [5.41, 5.74) is 2.37. The summed E-state index contributed by atoms with van der Waals surface area (Å²) in [4.78, 5) is 2.22. The first-order valence-corrected chi connectivity index (χ1v) is 8.47. The fourth-order valence-corrected chi connectivity index (χ4v) is 3.45. The molecule has 2 N–H and O–H groups in total. The number of aliphatic hydroxyl groups excluding tert-OH is 2. The van der Waals surface area contributed by atoms with Gasteiger partial charge in [0.25, 0.3) is 0 Å². The first-order chi connectivity index (χ1) is 11.6. The molecule has 1 aromatic carbocycles. The SMILES string of the molecule is CN(C/C=C/c1ccccc1)CC1=CC=CC2C=C[C@H](O)[C@@H](O)C12. The van der Waals surface area contributed by atoms with Crippen molar-refractivity contribution in [1.29, 1.82) is 0 Å². The molecule has 0 amide bonds. The predicted molar refractivity (Wildman–Crippen MR) is 98.3 cm³/mol. The van der Waals surface area contributed by atoms with Gasteiger partial charge in [0.15, 0.2) is 0 Å². The molecule has 0 saturated carbocycles. The molecule has 0 aromatic heterocycles. The van der Waals surface area contributed by atoms with Crippen molar-refractivity contribution >= 4 is 6.08 Å². The smallest absolute Gasteiger partial charge is 0.0986 e. The summed E-state index contributed by atoms with van der Waals surface area (Å²) in [6.45, 7) is 1.62. The van der Waals surface area contributed by atoms with E-state index in [1.54, 1.807) is 6.08 Å². The molecular formula is C21H25NO2. The highest BCUT2D eigenvalue weighted by Gasteiger charge is 2.36. The number of rotatable bonds is 5. The second-order valence-electron chi connectivity index (χ2n) is 6.61. The monoisotopic (exact) mass is 323 g/mol. The van der Waals surface area contributed by atoms with Crippen LogP contribution in [0.2, 0.25) is 0 Å². The van der Waals surface area contributed by atoms with Crippen molar-refractivity contribution in [2.24, 2.45) is 11.8 Å². The average molecular weight is 323 g/mol. The molecule has 3 rings (SSSR count). The summed E-state index contributed by atoms with van der Waals surface area (Å²) in [7, 11) is 2.07. The van der Waals surface area contributed by atoms with Crippen LogP contribution in [0.1, 0.15) is 5.56 Å². The predicted octanol–water partition coefficient (Wildman–Crippen LogP) is 2.65. The van der Waals surface area contributed by atoms with Crippen LogP contribution in [0.5, 0.6) is 0 Å². The zero-order valence-corrected chi connectivity index (χ0v) is 14.0. The topological polar surface area (TPSA) is 43.7 Å². The van der Waals surface area contributed by atoms with E-state index < -0.39 is 12.2 Å². The van der Waals surface area contributed by atoms with Gasteiger partial charge in [0.1, 0.15) is 0 Å². The van der Waals surface area contributed by atoms with Gasteiger partial charge < -0.3 is 10.2 Å². The summed E-state index contributed by atoms with van der Waals surface area (Å²) in [6.07, 6.45) is 12.7. The molecule has 126 valence electrons. The van der Waals surface area contributed by atoms with Crippen LogP contribution < -0.4 is 0 Å². The molecule has 0 bridgehead atoms. The van der Waals surface area contributed by atoms with Crippen LogP contribution in [0, 0.1) is 11.8 Å². The van der Waals surface area contributed by atoms with Gasteiger partial charge in [-0.15, -0.1) is 0 Å². The molecule has 2 aliphatic rings. The van der Waals surface area contributed by atoms with Gasteiger partial charge >= 0.3 is 0 Å². The van der Waals surface area contributed by atoms with E-state index in [0.717, 1.165) is 13.1 Å². The Bertz CT molecular complexity index is 660. The number of likely N-dealkylation sites (N-methyl/N-ethyl adjacent to an activating group) is 1. The van der Waals surface area contributed by atoms with Crippen molar-refractivity contribution in [2.75, 3.05) is 20.1 Å². The maximum Gasteiger partial charge on any atom is 0.0986 e. The Labute approximate surface area is 143 Å². The summed E-state index contributed by atoms with van der Waals surface area (Å²) < 4.78 is 0. The summed E-state index contributed by atoms with van der Waals surface area (Å²) in [5.74, 6) is 0.146. The lowest BCUT2D eigenvalue weighted by atomic mass is 9.73. The van der Waals surface area contributed by atoms with Crippen LogP contribution in [0.15, 0.2) is 72.4 Å². The third-order valence-corrected chi connectivity index (χ3v) is 4.71. The van der Waals surface area contributed by atoms with Gasteiger partial charge in [0.2, 0.25) is 0 Å². The van der Waals surface area contributed by atoms with Gasteiger partial charge in [-0.1, -0.05) is 72.9 Å². The molecule has 0 spiro atoms. The van der Waals surface area contributed by atoms with E-state index in [1.807, 2.05) is 24.3 Å². The maximum absolute atomic E-state index is 10.4. The van der Waals surface area contributed by atoms with Crippen molar-refractivity contribution in [3.63, 3.8) is 0 Å². The molecule has 0 aliphatic heterocycles. The molecular weight excluding hydrogens is 298 g/mol. The highest BCUT2D eigenvalue weighted by atomic mass is 16.3. The minimum absolute atomic E-state index is 0.0319. The Morgan fingerprint density at radius 1 is 1.08 bits per heavy atom. The second kappa shape index (κ2) is 7.75. The van der Waals surface area contributed by atoms with E-state index in [4.69, 9.17) is 0 Å². The lowest BCUT2D eigenvalue weighted by molar-refractivity contribution is 0.00196. The number of aliphatic hydroxyl groups is 2. The quantitative estimate of drug-likeness (QED) is 0.819.